The molecule has 82 valence electrons. The lowest BCUT2D eigenvalue weighted by Crippen LogP contribution is -2.43. The lowest BCUT2D eigenvalue weighted by Gasteiger charge is -2.27. The minimum atomic E-state index is -0.359. The second-order valence-corrected chi connectivity index (χ2v) is 3.93. The highest BCUT2D eigenvalue weighted by molar-refractivity contribution is 5.26. The van der Waals surface area contributed by atoms with Gasteiger partial charge in [0.05, 0.1) is 0 Å². The molecule has 0 amide bonds. The molecule has 0 spiro atoms. The van der Waals surface area contributed by atoms with E-state index in [1.165, 1.54) is 0 Å². The number of hydrogen-bond donors (Lipinski definition) is 1. The molecule has 0 atom stereocenters. The SMILES string of the molecule is FCc1ccccc1CN1CCNCC1. The summed E-state index contributed by atoms with van der Waals surface area (Å²) < 4.78 is 12.7. The fourth-order valence-electron chi connectivity index (χ4n) is 1.95. The lowest BCUT2D eigenvalue weighted by molar-refractivity contribution is 0.232. The van der Waals surface area contributed by atoms with Gasteiger partial charge in [0.1, 0.15) is 6.67 Å². The fraction of sp³-hybridized carbons (Fsp3) is 0.500. The van der Waals surface area contributed by atoms with Crippen molar-refractivity contribution in [2.24, 2.45) is 0 Å². The van der Waals surface area contributed by atoms with Crippen LogP contribution in [0.3, 0.4) is 0 Å². The molecule has 0 aliphatic carbocycles. The van der Waals surface area contributed by atoms with E-state index < -0.39 is 0 Å². The van der Waals surface area contributed by atoms with Crippen molar-refractivity contribution < 1.29 is 4.39 Å². The van der Waals surface area contributed by atoms with Gasteiger partial charge in [-0.1, -0.05) is 24.3 Å². The minimum absolute atomic E-state index is 0.359. The Balaban J connectivity index is 2.02. The maximum atomic E-state index is 12.7. The lowest BCUT2D eigenvalue weighted by atomic mass is 10.1. The van der Waals surface area contributed by atoms with Gasteiger partial charge in [-0.3, -0.25) is 4.90 Å². The van der Waals surface area contributed by atoms with Crippen molar-refractivity contribution in [1.82, 2.24) is 10.2 Å². The number of halogens is 1. The molecule has 0 radical (unpaired) electrons. The first-order valence-electron chi connectivity index (χ1n) is 5.46. The summed E-state index contributed by atoms with van der Waals surface area (Å²) in [6, 6.07) is 7.78. The first-order valence-corrected chi connectivity index (χ1v) is 5.46. The molecule has 2 rings (SSSR count). The van der Waals surface area contributed by atoms with Crippen molar-refractivity contribution in [3.8, 4) is 0 Å². The van der Waals surface area contributed by atoms with Crippen LogP contribution in [0.2, 0.25) is 0 Å². The highest BCUT2D eigenvalue weighted by atomic mass is 19.1. The second-order valence-electron chi connectivity index (χ2n) is 3.93. The zero-order valence-corrected chi connectivity index (χ0v) is 8.88. The number of hydrogen-bond acceptors (Lipinski definition) is 2. The highest BCUT2D eigenvalue weighted by Crippen LogP contribution is 2.13. The van der Waals surface area contributed by atoms with Crippen LogP contribution >= 0.6 is 0 Å². The monoisotopic (exact) mass is 208 g/mol. The predicted molar refractivity (Wildman–Crippen MR) is 59.4 cm³/mol. The normalized spacial score (nSPS) is 17.9. The number of benzene rings is 1. The van der Waals surface area contributed by atoms with Crippen LogP contribution in [0.4, 0.5) is 4.39 Å². The number of nitrogens with zero attached hydrogens (tertiary/aromatic N) is 1. The molecule has 1 N–H and O–H groups in total. The van der Waals surface area contributed by atoms with Crippen LogP contribution in [-0.4, -0.2) is 31.1 Å². The number of nitrogens with one attached hydrogen (secondary N) is 1. The van der Waals surface area contributed by atoms with E-state index >= 15 is 0 Å². The number of alkyl halides is 1. The molecule has 1 fully saturated rings. The van der Waals surface area contributed by atoms with Gasteiger partial charge in [0.25, 0.3) is 0 Å². The largest absolute Gasteiger partial charge is 0.314 e. The van der Waals surface area contributed by atoms with Crippen molar-refractivity contribution in [3.63, 3.8) is 0 Å². The third-order valence-corrected chi connectivity index (χ3v) is 2.87. The summed E-state index contributed by atoms with van der Waals surface area (Å²) in [5, 5.41) is 3.31. The van der Waals surface area contributed by atoms with Gasteiger partial charge in [-0.05, 0) is 11.1 Å². The topological polar surface area (TPSA) is 15.3 Å². The Bertz CT molecular complexity index is 308. The van der Waals surface area contributed by atoms with E-state index in [0.717, 1.165) is 43.9 Å². The summed E-state index contributed by atoms with van der Waals surface area (Å²) in [4.78, 5) is 2.37. The van der Waals surface area contributed by atoms with Crippen LogP contribution < -0.4 is 5.32 Å². The van der Waals surface area contributed by atoms with Gasteiger partial charge in [0.15, 0.2) is 0 Å². The molecule has 15 heavy (non-hydrogen) atoms. The Labute approximate surface area is 90.1 Å². The van der Waals surface area contributed by atoms with Gasteiger partial charge in [-0.15, -0.1) is 0 Å². The quantitative estimate of drug-likeness (QED) is 0.811. The van der Waals surface area contributed by atoms with Crippen LogP contribution in [-0.2, 0) is 13.2 Å². The first-order chi connectivity index (χ1) is 7.40. The van der Waals surface area contributed by atoms with Crippen molar-refractivity contribution in [1.29, 1.82) is 0 Å². The summed E-state index contributed by atoms with van der Waals surface area (Å²) in [6.07, 6.45) is 0. The maximum Gasteiger partial charge on any atom is 0.115 e. The standard InChI is InChI=1S/C12H17FN2/c13-9-11-3-1-2-4-12(11)10-15-7-5-14-6-8-15/h1-4,14H,5-10H2. The Hall–Kier alpha value is -0.930. The molecule has 3 heteroatoms. The molecule has 1 aliphatic rings. The van der Waals surface area contributed by atoms with Crippen molar-refractivity contribution in [2.75, 3.05) is 26.2 Å². The van der Waals surface area contributed by atoms with Crippen molar-refractivity contribution >= 4 is 0 Å². The molecule has 1 aliphatic heterocycles. The molecule has 1 saturated heterocycles. The van der Waals surface area contributed by atoms with Crippen molar-refractivity contribution in [3.05, 3.63) is 35.4 Å². The van der Waals surface area contributed by atoms with Crippen LogP contribution in [0.15, 0.2) is 24.3 Å². The van der Waals surface area contributed by atoms with Gasteiger partial charge >= 0.3 is 0 Å². The van der Waals surface area contributed by atoms with Crippen LogP contribution in [0, 0.1) is 0 Å². The van der Waals surface area contributed by atoms with Crippen LogP contribution in [0.1, 0.15) is 11.1 Å². The minimum Gasteiger partial charge on any atom is -0.314 e. The average molecular weight is 208 g/mol. The van der Waals surface area contributed by atoms with Gasteiger partial charge in [-0.25, -0.2) is 4.39 Å². The molecular formula is C12H17FN2. The predicted octanol–water partition coefficient (Wildman–Crippen LogP) is 1.56. The second kappa shape index (κ2) is 5.24. The van der Waals surface area contributed by atoms with Gasteiger partial charge in [0.2, 0.25) is 0 Å². The van der Waals surface area contributed by atoms with E-state index in [0.29, 0.717) is 0 Å². The summed E-state index contributed by atoms with van der Waals surface area (Å²) in [6.45, 7) is 4.71. The molecule has 0 saturated carbocycles. The number of rotatable bonds is 3. The maximum absolute atomic E-state index is 12.7. The smallest absolute Gasteiger partial charge is 0.115 e. The molecule has 0 unspecified atom stereocenters. The van der Waals surface area contributed by atoms with Gasteiger partial charge in [0, 0.05) is 32.7 Å². The van der Waals surface area contributed by atoms with Gasteiger partial charge in [-0.2, -0.15) is 0 Å². The van der Waals surface area contributed by atoms with Crippen molar-refractivity contribution in [2.45, 2.75) is 13.2 Å². The number of piperazine rings is 1. The molecule has 1 aromatic carbocycles. The summed E-state index contributed by atoms with van der Waals surface area (Å²) in [5.41, 5.74) is 1.96. The first kappa shape index (κ1) is 10.6. The Morgan fingerprint density at radius 1 is 1.13 bits per heavy atom. The average Bonchev–Trinajstić information content (AvgIpc) is 2.31. The van der Waals surface area contributed by atoms with E-state index in [9.17, 15) is 4.39 Å². The molecule has 1 heterocycles. The molecule has 2 nitrogen and oxygen atoms in total. The summed E-state index contributed by atoms with van der Waals surface area (Å²) >= 11 is 0. The fourth-order valence-corrected chi connectivity index (χ4v) is 1.95. The van der Waals surface area contributed by atoms with E-state index in [1.807, 2.05) is 24.3 Å². The third kappa shape index (κ3) is 2.76. The van der Waals surface area contributed by atoms with Crippen LogP contribution in [0.25, 0.3) is 0 Å². The zero-order chi connectivity index (χ0) is 10.5. The summed E-state index contributed by atoms with van der Waals surface area (Å²) in [5.74, 6) is 0. The molecule has 0 aromatic heterocycles. The van der Waals surface area contributed by atoms with Crippen LogP contribution in [0.5, 0.6) is 0 Å². The van der Waals surface area contributed by atoms with E-state index in [1.54, 1.807) is 0 Å². The molecule has 0 bridgehead atoms. The Kier molecular flexibility index (Phi) is 3.69. The highest BCUT2D eigenvalue weighted by Gasteiger charge is 2.11. The summed E-state index contributed by atoms with van der Waals surface area (Å²) in [7, 11) is 0. The molecule has 1 aromatic rings. The third-order valence-electron chi connectivity index (χ3n) is 2.87. The Morgan fingerprint density at radius 3 is 2.47 bits per heavy atom. The van der Waals surface area contributed by atoms with E-state index in [2.05, 4.69) is 10.2 Å². The van der Waals surface area contributed by atoms with E-state index in [4.69, 9.17) is 0 Å². The Morgan fingerprint density at radius 2 is 1.80 bits per heavy atom. The molecular weight excluding hydrogens is 191 g/mol. The zero-order valence-electron chi connectivity index (χ0n) is 8.88. The van der Waals surface area contributed by atoms with Gasteiger partial charge < -0.3 is 5.32 Å². The van der Waals surface area contributed by atoms with E-state index in [-0.39, 0.29) is 6.67 Å².